The van der Waals surface area contributed by atoms with E-state index < -0.39 is 23.4 Å². The summed E-state index contributed by atoms with van der Waals surface area (Å²) in [6.45, 7) is 5.76. The van der Waals surface area contributed by atoms with Gasteiger partial charge in [-0.05, 0) is 37.1 Å². The molecule has 0 radical (unpaired) electrons. The third kappa shape index (κ3) is 7.34. The van der Waals surface area contributed by atoms with E-state index in [1.807, 2.05) is 20.8 Å². The Labute approximate surface area is 170 Å². The fourth-order valence-corrected chi connectivity index (χ4v) is 3.37. The number of hydrogen-bond donors (Lipinski definition) is 0. The molecule has 0 saturated carbocycles. The lowest BCUT2D eigenvalue weighted by molar-refractivity contribution is -0.126. The number of halogens is 2. The lowest BCUT2D eigenvalue weighted by Crippen LogP contribution is -2.37. The predicted octanol–water partition coefficient (Wildman–Crippen LogP) is 6.01. The van der Waals surface area contributed by atoms with Crippen LogP contribution in [0.15, 0.2) is 17.0 Å². The van der Waals surface area contributed by atoms with Crippen LogP contribution in [0.2, 0.25) is 0 Å². The molecule has 0 atom stereocenters. The summed E-state index contributed by atoms with van der Waals surface area (Å²) < 4.78 is 28.7. The van der Waals surface area contributed by atoms with Crippen molar-refractivity contribution in [3.8, 4) is 0 Å². The molecular weight excluding hydrogens is 384 g/mol. The summed E-state index contributed by atoms with van der Waals surface area (Å²) in [6, 6.07) is 1.74. The van der Waals surface area contributed by atoms with Gasteiger partial charge in [-0.3, -0.25) is 14.4 Å². The number of anilines is 1. The monoisotopic (exact) mass is 413 g/mol. The highest BCUT2D eigenvalue weighted by Gasteiger charge is 2.27. The van der Waals surface area contributed by atoms with Gasteiger partial charge in [0.1, 0.15) is 11.6 Å². The van der Waals surface area contributed by atoms with Crippen LogP contribution in [0.3, 0.4) is 0 Å². The molecular formula is C21H29F2NO3S. The first-order chi connectivity index (χ1) is 13.3. The zero-order valence-corrected chi connectivity index (χ0v) is 17.7. The Balaban J connectivity index is 3.23. The first-order valence-corrected chi connectivity index (χ1v) is 10.7. The molecule has 0 aromatic heterocycles. The van der Waals surface area contributed by atoms with E-state index in [1.165, 1.54) is 0 Å². The number of carbonyl (C=O) groups is 3. The van der Waals surface area contributed by atoms with Gasteiger partial charge in [0.2, 0.25) is 11.8 Å². The van der Waals surface area contributed by atoms with Crippen LogP contribution in [0.4, 0.5) is 14.5 Å². The molecule has 1 aromatic rings. The second-order valence-electron chi connectivity index (χ2n) is 6.64. The predicted molar refractivity (Wildman–Crippen MR) is 108 cm³/mol. The minimum absolute atomic E-state index is 0.0749. The zero-order chi connectivity index (χ0) is 21.1. The quantitative estimate of drug-likeness (QED) is 0.417. The summed E-state index contributed by atoms with van der Waals surface area (Å²) in [6.07, 6.45) is 4.62. The van der Waals surface area contributed by atoms with E-state index in [0.29, 0.717) is 37.1 Å². The molecule has 1 aromatic carbocycles. The van der Waals surface area contributed by atoms with E-state index >= 15 is 0 Å². The summed E-state index contributed by atoms with van der Waals surface area (Å²) in [5.41, 5.74) is -0.283. The molecule has 0 spiro atoms. The minimum atomic E-state index is -0.988. The van der Waals surface area contributed by atoms with E-state index in [2.05, 4.69) is 0 Å². The molecule has 28 heavy (non-hydrogen) atoms. The average molecular weight is 414 g/mol. The molecule has 2 amide bonds. The molecule has 0 fully saturated rings. The molecule has 4 nitrogen and oxygen atoms in total. The van der Waals surface area contributed by atoms with Crippen LogP contribution < -0.4 is 4.90 Å². The van der Waals surface area contributed by atoms with Crippen LogP contribution in [0.1, 0.15) is 78.6 Å². The van der Waals surface area contributed by atoms with Crippen LogP contribution in [0.25, 0.3) is 0 Å². The normalized spacial score (nSPS) is 10.8. The molecule has 0 heterocycles. The lowest BCUT2D eigenvalue weighted by Gasteiger charge is -2.22. The van der Waals surface area contributed by atoms with Crippen molar-refractivity contribution in [1.82, 2.24) is 0 Å². The number of rotatable bonds is 11. The number of unbranched alkanes of at least 4 members (excludes halogenated alkanes) is 3. The first-order valence-electron chi connectivity index (χ1n) is 9.91. The Morgan fingerprint density at radius 2 is 1.32 bits per heavy atom. The van der Waals surface area contributed by atoms with E-state index in [1.54, 1.807) is 0 Å². The molecule has 0 aliphatic carbocycles. The minimum Gasteiger partial charge on any atom is -0.287 e. The van der Waals surface area contributed by atoms with Gasteiger partial charge in [0.25, 0.3) is 0 Å². The highest BCUT2D eigenvalue weighted by atomic mass is 32.2. The van der Waals surface area contributed by atoms with Crippen LogP contribution in [0, 0.1) is 11.6 Å². The van der Waals surface area contributed by atoms with Gasteiger partial charge in [-0.1, -0.05) is 40.0 Å². The van der Waals surface area contributed by atoms with Gasteiger partial charge >= 0.3 is 0 Å². The Kier molecular flexibility index (Phi) is 11.0. The highest BCUT2D eigenvalue weighted by molar-refractivity contribution is 8.13. The Hall–Kier alpha value is -1.76. The van der Waals surface area contributed by atoms with Gasteiger partial charge in [-0.15, -0.1) is 0 Å². The third-order valence-corrected chi connectivity index (χ3v) is 5.15. The van der Waals surface area contributed by atoms with Gasteiger partial charge in [0, 0.05) is 25.3 Å². The molecule has 7 heteroatoms. The topological polar surface area (TPSA) is 54.5 Å². The Bertz CT molecular complexity index is 674. The molecule has 0 aliphatic heterocycles. The van der Waals surface area contributed by atoms with E-state index in [9.17, 15) is 23.2 Å². The van der Waals surface area contributed by atoms with Gasteiger partial charge in [-0.2, -0.15) is 0 Å². The Morgan fingerprint density at radius 3 is 1.82 bits per heavy atom. The Morgan fingerprint density at radius 1 is 0.821 bits per heavy atom. The number of thioether (sulfide) groups is 1. The van der Waals surface area contributed by atoms with Gasteiger partial charge in [0.15, 0.2) is 5.12 Å². The van der Waals surface area contributed by atoms with Crippen LogP contribution in [0.5, 0.6) is 0 Å². The summed E-state index contributed by atoms with van der Waals surface area (Å²) in [4.78, 5) is 37.9. The third-order valence-electron chi connectivity index (χ3n) is 4.19. The zero-order valence-electron chi connectivity index (χ0n) is 16.9. The summed E-state index contributed by atoms with van der Waals surface area (Å²) in [5, 5.41) is -0.237. The van der Waals surface area contributed by atoms with Crippen molar-refractivity contribution in [3.63, 3.8) is 0 Å². The van der Waals surface area contributed by atoms with E-state index in [4.69, 9.17) is 0 Å². The first kappa shape index (κ1) is 24.3. The molecule has 1 rings (SSSR count). The van der Waals surface area contributed by atoms with Crippen LogP contribution in [-0.2, 0) is 14.4 Å². The van der Waals surface area contributed by atoms with Crippen molar-refractivity contribution in [2.45, 2.75) is 83.5 Å². The van der Waals surface area contributed by atoms with Gasteiger partial charge in [-0.25, -0.2) is 13.7 Å². The van der Waals surface area contributed by atoms with Crippen molar-refractivity contribution in [3.05, 3.63) is 23.8 Å². The lowest BCUT2D eigenvalue weighted by atomic mass is 10.1. The number of benzene rings is 1. The second-order valence-corrected chi connectivity index (χ2v) is 7.74. The maximum atomic E-state index is 14.5. The summed E-state index contributed by atoms with van der Waals surface area (Å²) in [5.74, 6) is -2.89. The molecule has 0 saturated heterocycles. The smallest absolute Gasteiger partial charge is 0.233 e. The van der Waals surface area contributed by atoms with E-state index in [0.717, 1.165) is 30.2 Å². The standard InChI is InChI=1S/C21H29F2NO3S/c1-4-7-10-19(25)24(20(26)11-8-5-2)17-14-18(16(23)13-15(17)22)28-21(27)12-9-6-3/h13-14H,4-12H2,1-3H3. The van der Waals surface area contributed by atoms with Gasteiger partial charge in [0.05, 0.1) is 10.6 Å². The van der Waals surface area contributed by atoms with Crippen LogP contribution in [-0.4, -0.2) is 16.9 Å². The maximum absolute atomic E-state index is 14.5. The second kappa shape index (κ2) is 12.6. The highest BCUT2D eigenvalue weighted by Crippen LogP contribution is 2.32. The van der Waals surface area contributed by atoms with Crippen molar-refractivity contribution in [1.29, 1.82) is 0 Å². The maximum Gasteiger partial charge on any atom is 0.233 e. The average Bonchev–Trinajstić information content (AvgIpc) is 2.66. The van der Waals surface area contributed by atoms with Crippen molar-refractivity contribution in [2.75, 3.05) is 4.90 Å². The molecule has 0 unspecified atom stereocenters. The number of imide groups is 1. The van der Waals surface area contributed by atoms with Crippen molar-refractivity contribution >= 4 is 34.4 Å². The molecule has 156 valence electrons. The van der Waals surface area contributed by atoms with Crippen molar-refractivity contribution in [2.24, 2.45) is 0 Å². The fraction of sp³-hybridized carbons (Fsp3) is 0.571. The van der Waals surface area contributed by atoms with Crippen LogP contribution >= 0.6 is 11.8 Å². The SMILES string of the molecule is CCCCC(=O)Sc1cc(N(C(=O)CCCC)C(=O)CCCC)c(F)cc1F. The molecule has 0 bridgehead atoms. The molecule has 0 N–H and O–H groups in total. The summed E-state index contributed by atoms with van der Waals surface area (Å²) in [7, 11) is 0. The fourth-order valence-electron chi connectivity index (χ4n) is 2.55. The van der Waals surface area contributed by atoms with Crippen molar-refractivity contribution < 1.29 is 23.2 Å². The number of hydrogen-bond acceptors (Lipinski definition) is 4. The number of carbonyl (C=O) groups excluding carboxylic acids is 3. The molecule has 0 aliphatic rings. The number of nitrogens with zero attached hydrogens (tertiary/aromatic N) is 1. The summed E-state index contributed by atoms with van der Waals surface area (Å²) >= 11 is 0.680. The van der Waals surface area contributed by atoms with E-state index in [-0.39, 0.29) is 35.0 Å². The number of amides is 2. The van der Waals surface area contributed by atoms with Gasteiger partial charge < -0.3 is 0 Å². The largest absolute Gasteiger partial charge is 0.287 e.